The van der Waals surface area contributed by atoms with Crippen LogP contribution in [-0.2, 0) is 6.54 Å². The summed E-state index contributed by atoms with van der Waals surface area (Å²) < 4.78 is 0. The van der Waals surface area contributed by atoms with Gasteiger partial charge in [-0.05, 0) is 55.2 Å². The maximum absolute atomic E-state index is 12.5. The van der Waals surface area contributed by atoms with Crippen molar-refractivity contribution >= 4 is 10.9 Å². The number of aromatic nitrogens is 1. The second-order valence-corrected chi connectivity index (χ2v) is 8.12. The molecule has 2 fully saturated rings. The van der Waals surface area contributed by atoms with Crippen molar-refractivity contribution in [3.63, 3.8) is 0 Å². The van der Waals surface area contributed by atoms with E-state index in [0.717, 1.165) is 54.4 Å². The van der Waals surface area contributed by atoms with E-state index in [4.69, 9.17) is 0 Å². The van der Waals surface area contributed by atoms with Crippen molar-refractivity contribution in [1.29, 1.82) is 0 Å². The quantitative estimate of drug-likeness (QED) is 0.902. The fraction of sp³-hybridized carbons (Fsp3) is 0.571. The Bertz CT molecular complexity index is 843. The number of aryl methyl sites for hydroxylation is 1. The number of aliphatic hydroxyl groups is 1. The minimum absolute atomic E-state index is 0.0127. The maximum atomic E-state index is 12.5. The molecule has 4 nitrogen and oxygen atoms in total. The van der Waals surface area contributed by atoms with E-state index in [-0.39, 0.29) is 5.56 Å². The van der Waals surface area contributed by atoms with Gasteiger partial charge in [0, 0.05) is 36.6 Å². The van der Waals surface area contributed by atoms with Gasteiger partial charge < -0.3 is 10.1 Å². The summed E-state index contributed by atoms with van der Waals surface area (Å²) in [4.78, 5) is 17.9. The molecule has 1 saturated carbocycles. The standard InChI is InChI=1S/C21H28N2O2/c1-3-21(25)8-4-5-16-11-23(13-18(16)21)12-17-10-15-7-6-14(2)9-19(15)22-20(17)24/h6-7,9-10,16,18,25H,3-5,8,11-13H2,1-2H3,(H,22,24)/t16-,18+,21-/m0/s1. The molecule has 3 atom stereocenters. The number of likely N-dealkylation sites (tertiary alicyclic amines) is 1. The Kier molecular flexibility index (Phi) is 4.20. The summed E-state index contributed by atoms with van der Waals surface area (Å²) in [7, 11) is 0. The molecule has 0 unspecified atom stereocenters. The molecule has 0 amide bonds. The third-order valence-corrected chi connectivity index (χ3v) is 6.48. The van der Waals surface area contributed by atoms with Gasteiger partial charge in [-0.25, -0.2) is 0 Å². The maximum Gasteiger partial charge on any atom is 0.252 e. The lowest BCUT2D eigenvalue weighted by Gasteiger charge is -2.40. The van der Waals surface area contributed by atoms with E-state index in [1.165, 1.54) is 6.42 Å². The minimum atomic E-state index is -0.509. The number of nitrogens with one attached hydrogen (secondary N) is 1. The van der Waals surface area contributed by atoms with Gasteiger partial charge >= 0.3 is 0 Å². The molecule has 1 saturated heterocycles. The van der Waals surface area contributed by atoms with Crippen molar-refractivity contribution < 1.29 is 5.11 Å². The molecule has 4 rings (SSSR count). The van der Waals surface area contributed by atoms with E-state index >= 15 is 0 Å². The van der Waals surface area contributed by atoms with Gasteiger partial charge in [-0.3, -0.25) is 9.69 Å². The fourth-order valence-corrected chi connectivity index (χ4v) is 5.00. The summed E-state index contributed by atoms with van der Waals surface area (Å²) in [6, 6.07) is 8.20. The number of aromatic amines is 1. The van der Waals surface area contributed by atoms with Crippen molar-refractivity contribution in [2.75, 3.05) is 13.1 Å². The number of benzene rings is 1. The van der Waals surface area contributed by atoms with E-state index in [9.17, 15) is 9.90 Å². The zero-order chi connectivity index (χ0) is 17.6. The molecule has 0 spiro atoms. The van der Waals surface area contributed by atoms with Crippen LogP contribution < -0.4 is 5.56 Å². The zero-order valence-corrected chi connectivity index (χ0v) is 15.2. The molecule has 134 valence electrons. The molecular formula is C21H28N2O2. The highest BCUT2D eigenvalue weighted by atomic mass is 16.3. The van der Waals surface area contributed by atoms with Crippen LogP contribution in [0.1, 0.15) is 43.7 Å². The Hall–Kier alpha value is -1.65. The van der Waals surface area contributed by atoms with Gasteiger partial charge in [0.15, 0.2) is 0 Å². The highest BCUT2D eigenvalue weighted by molar-refractivity contribution is 5.79. The SMILES string of the molecule is CC[C@]1(O)CCC[C@H]2CN(Cc3cc4ccc(C)cc4[nH]c3=O)C[C@H]21. The van der Waals surface area contributed by atoms with Crippen LogP contribution in [0, 0.1) is 18.8 Å². The Morgan fingerprint density at radius 3 is 2.96 bits per heavy atom. The Morgan fingerprint density at radius 2 is 2.16 bits per heavy atom. The average molecular weight is 340 g/mol. The molecule has 1 aromatic heterocycles. The molecule has 4 heteroatoms. The van der Waals surface area contributed by atoms with Crippen molar-refractivity contribution in [3.05, 3.63) is 45.7 Å². The molecule has 1 aliphatic heterocycles. The highest BCUT2D eigenvalue weighted by Gasteiger charge is 2.47. The number of rotatable bonds is 3. The number of H-pyrrole nitrogens is 1. The summed E-state index contributed by atoms with van der Waals surface area (Å²) in [6.07, 6.45) is 4.08. The number of fused-ring (bicyclic) bond motifs is 2. The Balaban J connectivity index is 1.57. The van der Waals surface area contributed by atoms with Crippen LogP contribution >= 0.6 is 0 Å². The lowest BCUT2D eigenvalue weighted by atomic mass is 9.69. The van der Waals surface area contributed by atoms with Gasteiger partial charge in [0.05, 0.1) is 5.60 Å². The third-order valence-electron chi connectivity index (χ3n) is 6.48. The zero-order valence-electron chi connectivity index (χ0n) is 15.2. The molecule has 2 heterocycles. The lowest BCUT2D eigenvalue weighted by Crippen LogP contribution is -2.44. The van der Waals surface area contributed by atoms with Crippen LogP contribution in [0.3, 0.4) is 0 Å². The minimum Gasteiger partial charge on any atom is -0.390 e. The Morgan fingerprint density at radius 1 is 1.32 bits per heavy atom. The van der Waals surface area contributed by atoms with Crippen molar-refractivity contribution in [2.24, 2.45) is 11.8 Å². The number of nitrogens with zero attached hydrogens (tertiary/aromatic N) is 1. The summed E-state index contributed by atoms with van der Waals surface area (Å²) in [6.45, 7) is 6.71. The molecule has 1 aliphatic carbocycles. The van der Waals surface area contributed by atoms with Crippen LogP contribution in [0.2, 0.25) is 0 Å². The van der Waals surface area contributed by atoms with Gasteiger partial charge in [0.25, 0.3) is 5.56 Å². The van der Waals surface area contributed by atoms with Gasteiger partial charge in [-0.1, -0.05) is 25.5 Å². The first-order valence-electron chi connectivity index (χ1n) is 9.56. The first-order valence-corrected chi connectivity index (χ1v) is 9.56. The molecule has 0 radical (unpaired) electrons. The average Bonchev–Trinajstić information content (AvgIpc) is 3.00. The number of pyridine rings is 1. The van der Waals surface area contributed by atoms with Crippen LogP contribution in [-0.4, -0.2) is 33.7 Å². The summed E-state index contributed by atoms with van der Waals surface area (Å²) >= 11 is 0. The van der Waals surface area contributed by atoms with Crippen molar-refractivity contribution in [1.82, 2.24) is 9.88 Å². The van der Waals surface area contributed by atoms with Crippen LogP contribution in [0.5, 0.6) is 0 Å². The fourth-order valence-electron chi connectivity index (χ4n) is 5.00. The smallest absolute Gasteiger partial charge is 0.252 e. The van der Waals surface area contributed by atoms with Crippen LogP contribution in [0.4, 0.5) is 0 Å². The first-order chi connectivity index (χ1) is 12.0. The number of hydrogen-bond acceptors (Lipinski definition) is 3. The van der Waals surface area contributed by atoms with Gasteiger partial charge in [-0.2, -0.15) is 0 Å². The van der Waals surface area contributed by atoms with Gasteiger partial charge in [-0.15, -0.1) is 0 Å². The molecule has 0 bridgehead atoms. The molecule has 1 aromatic carbocycles. The summed E-state index contributed by atoms with van der Waals surface area (Å²) in [5.74, 6) is 0.925. The third kappa shape index (κ3) is 3.02. The summed E-state index contributed by atoms with van der Waals surface area (Å²) in [5, 5.41) is 12.0. The second kappa shape index (κ2) is 6.26. The molecule has 2 aliphatic rings. The van der Waals surface area contributed by atoms with Crippen LogP contribution in [0.15, 0.2) is 29.1 Å². The molecule has 2 N–H and O–H groups in total. The van der Waals surface area contributed by atoms with E-state index in [1.54, 1.807) is 0 Å². The first kappa shape index (κ1) is 16.8. The van der Waals surface area contributed by atoms with E-state index in [1.807, 2.05) is 19.1 Å². The van der Waals surface area contributed by atoms with Crippen molar-refractivity contribution in [2.45, 2.75) is 51.7 Å². The van der Waals surface area contributed by atoms with E-state index in [2.05, 4.69) is 28.9 Å². The van der Waals surface area contributed by atoms with Gasteiger partial charge in [0.2, 0.25) is 0 Å². The van der Waals surface area contributed by atoms with E-state index in [0.29, 0.717) is 18.4 Å². The monoisotopic (exact) mass is 340 g/mol. The van der Waals surface area contributed by atoms with E-state index < -0.39 is 5.60 Å². The largest absolute Gasteiger partial charge is 0.390 e. The predicted octanol–water partition coefficient (Wildman–Crippen LogP) is 3.21. The predicted molar refractivity (Wildman–Crippen MR) is 101 cm³/mol. The Labute approximate surface area is 148 Å². The summed E-state index contributed by atoms with van der Waals surface area (Å²) in [5.41, 5.74) is 2.39. The van der Waals surface area contributed by atoms with Crippen molar-refractivity contribution in [3.8, 4) is 0 Å². The van der Waals surface area contributed by atoms with Crippen LogP contribution in [0.25, 0.3) is 10.9 Å². The highest BCUT2D eigenvalue weighted by Crippen LogP contribution is 2.44. The van der Waals surface area contributed by atoms with Gasteiger partial charge in [0.1, 0.15) is 0 Å². The topological polar surface area (TPSA) is 56.3 Å². The second-order valence-electron chi connectivity index (χ2n) is 8.12. The molecule has 25 heavy (non-hydrogen) atoms. The molecular weight excluding hydrogens is 312 g/mol. The lowest BCUT2D eigenvalue weighted by molar-refractivity contribution is -0.0613. The normalized spacial score (nSPS) is 29.9. The number of hydrogen-bond donors (Lipinski definition) is 2. The molecule has 2 aromatic rings.